The summed E-state index contributed by atoms with van der Waals surface area (Å²) in [6, 6.07) is 0. The highest BCUT2D eigenvalue weighted by atomic mass is 17.4. The monoisotopic (exact) mass is 465 g/mol. The van der Waals surface area contributed by atoms with E-state index >= 15 is 0 Å². The fourth-order valence-corrected chi connectivity index (χ4v) is 6.07. The Morgan fingerprint density at radius 2 is 1.15 bits per heavy atom. The molecule has 2 spiro atoms. The molecule has 4 fully saturated rings. The summed E-state index contributed by atoms with van der Waals surface area (Å²) in [4.78, 5) is 38.9. The van der Waals surface area contributed by atoms with E-state index in [9.17, 15) is 4.79 Å². The predicted molar refractivity (Wildman–Crippen MR) is 127 cm³/mol. The molecular formula is C27H47NO5. The van der Waals surface area contributed by atoms with Crippen molar-refractivity contribution in [3.63, 3.8) is 0 Å². The van der Waals surface area contributed by atoms with Crippen LogP contribution < -0.4 is 0 Å². The van der Waals surface area contributed by atoms with Crippen LogP contribution in [0.25, 0.3) is 0 Å². The highest BCUT2D eigenvalue weighted by Crippen LogP contribution is 2.44. The average Bonchev–Trinajstić information content (AvgIpc) is 3.33. The molecule has 6 heteroatoms. The van der Waals surface area contributed by atoms with Crippen molar-refractivity contribution in [3.8, 4) is 0 Å². The maximum absolute atomic E-state index is 12.5. The molecule has 0 radical (unpaired) electrons. The van der Waals surface area contributed by atoms with Crippen LogP contribution in [0.3, 0.4) is 0 Å². The quantitative estimate of drug-likeness (QED) is 0.411. The van der Waals surface area contributed by atoms with Gasteiger partial charge in [0, 0.05) is 38.5 Å². The highest BCUT2D eigenvalue weighted by Gasteiger charge is 2.50. The second-order valence-electron chi connectivity index (χ2n) is 11.2. The van der Waals surface area contributed by atoms with Gasteiger partial charge in [0.25, 0.3) is 0 Å². The molecule has 0 unspecified atom stereocenters. The lowest BCUT2D eigenvalue weighted by molar-refractivity contribution is -0.662. The first-order valence-corrected chi connectivity index (χ1v) is 14.1. The van der Waals surface area contributed by atoms with Crippen molar-refractivity contribution in [2.75, 3.05) is 19.6 Å². The molecule has 0 aromatic heterocycles. The van der Waals surface area contributed by atoms with E-state index in [1.807, 2.05) is 0 Å². The van der Waals surface area contributed by atoms with Gasteiger partial charge in [-0.25, -0.2) is 0 Å². The molecule has 6 nitrogen and oxygen atoms in total. The minimum atomic E-state index is -0.787. The third-order valence-electron chi connectivity index (χ3n) is 8.32. The second-order valence-corrected chi connectivity index (χ2v) is 11.2. The number of rotatable bonds is 6. The van der Waals surface area contributed by atoms with Crippen molar-refractivity contribution in [1.82, 2.24) is 4.90 Å². The Bertz CT molecular complexity index is 559. The summed E-state index contributed by atoms with van der Waals surface area (Å²) in [6.45, 7) is 3.51. The van der Waals surface area contributed by atoms with E-state index < -0.39 is 11.6 Å². The van der Waals surface area contributed by atoms with Crippen LogP contribution in [0.1, 0.15) is 128 Å². The lowest BCUT2D eigenvalue weighted by Crippen LogP contribution is -2.52. The zero-order valence-corrected chi connectivity index (χ0v) is 20.8. The Kier molecular flexibility index (Phi) is 10.0. The number of ketones is 1. The predicted octanol–water partition coefficient (Wildman–Crippen LogP) is 6.62. The van der Waals surface area contributed by atoms with Gasteiger partial charge in [0.2, 0.25) is 11.6 Å². The summed E-state index contributed by atoms with van der Waals surface area (Å²) in [7, 11) is 0. The van der Waals surface area contributed by atoms with Crippen molar-refractivity contribution in [2.45, 2.75) is 140 Å². The van der Waals surface area contributed by atoms with Gasteiger partial charge in [0.15, 0.2) is 0 Å². The fraction of sp³-hybridized carbons (Fsp3) is 0.963. The SMILES string of the molecule is O=C(CCCN1CCCC1)CC1CCC2(CC1)OOC1(CCCCCCCCCCC1)OO2. The van der Waals surface area contributed by atoms with Gasteiger partial charge in [0.1, 0.15) is 5.78 Å². The molecule has 0 atom stereocenters. The van der Waals surface area contributed by atoms with E-state index in [0.29, 0.717) is 18.1 Å². The topological polar surface area (TPSA) is 57.2 Å². The van der Waals surface area contributed by atoms with Crippen LogP contribution in [-0.2, 0) is 24.3 Å². The largest absolute Gasteiger partial charge is 0.303 e. The van der Waals surface area contributed by atoms with Crippen molar-refractivity contribution >= 4 is 5.78 Å². The number of hydrogen-bond donors (Lipinski definition) is 0. The minimum absolute atomic E-state index is 0.417. The van der Waals surface area contributed by atoms with Crippen LogP contribution in [0.2, 0.25) is 0 Å². The highest BCUT2D eigenvalue weighted by molar-refractivity contribution is 5.78. The molecule has 33 heavy (non-hydrogen) atoms. The van der Waals surface area contributed by atoms with E-state index in [0.717, 1.165) is 70.8 Å². The van der Waals surface area contributed by atoms with E-state index in [1.165, 1.54) is 70.9 Å². The van der Waals surface area contributed by atoms with Crippen LogP contribution in [0.15, 0.2) is 0 Å². The first kappa shape index (κ1) is 25.6. The molecule has 2 aliphatic carbocycles. The number of nitrogens with zero attached hydrogens (tertiary/aromatic N) is 1. The van der Waals surface area contributed by atoms with Gasteiger partial charge in [-0.1, -0.05) is 44.9 Å². The van der Waals surface area contributed by atoms with Gasteiger partial charge in [-0.3, -0.25) is 4.79 Å². The number of carbonyl (C=O) groups is 1. The van der Waals surface area contributed by atoms with E-state index in [-0.39, 0.29) is 0 Å². The minimum Gasteiger partial charge on any atom is -0.303 e. The summed E-state index contributed by atoms with van der Waals surface area (Å²) in [5.41, 5.74) is 0. The van der Waals surface area contributed by atoms with Gasteiger partial charge in [-0.05, 0) is 70.5 Å². The Balaban J connectivity index is 1.16. The number of Topliss-reactive ketones (excluding diaryl/α,β-unsaturated/α-hetero) is 1. The third kappa shape index (κ3) is 7.99. The molecule has 2 heterocycles. The third-order valence-corrected chi connectivity index (χ3v) is 8.32. The molecule has 190 valence electrons. The second kappa shape index (κ2) is 13.0. The van der Waals surface area contributed by atoms with Gasteiger partial charge in [-0.2, -0.15) is 19.6 Å². The maximum atomic E-state index is 12.5. The molecule has 2 saturated heterocycles. The van der Waals surface area contributed by atoms with Crippen LogP contribution >= 0.6 is 0 Å². The molecule has 0 N–H and O–H groups in total. The van der Waals surface area contributed by atoms with Crippen molar-refractivity contribution in [1.29, 1.82) is 0 Å². The van der Waals surface area contributed by atoms with E-state index in [1.54, 1.807) is 0 Å². The maximum Gasteiger partial charge on any atom is 0.234 e. The molecule has 0 aromatic rings. The summed E-state index contributed by atoms with van der Waals surface area (Å²) in [6.07, 6.45) is 21.3. The Labute approximate surface area is 200 Å². The zero-order valence-electron chi connectivity index (χ0n) is 20.8. The number of carbonyl (C=O) groups excluding carboxylic acids is 1. The van der Waals surface area contributed by atoms with Gasteiger partial charge >= 0.3 is 0 Å². The smallest absolute Gasteiger partial charge is 0.234 e. The van der Waals surface area contributed by atoms with Gasteiger partial charge in [-0.15, -0.1) is 0 Å². The molecule has 4 rings (SSSR count). The van der Waals surface area contributed by atoms with Crippen molar-refractivity contribution in [3.05, 3.63) is 0 Å². The van der Waals surface area contributed by atoms with E-state index in [2.05, 4.69) is 4.90 Å². The van der Waals surface area contributed by atoms with Crippen molar-refractivity contribution < 1.29 is 24.3 Å². The van der Waals surface area contributed by atoms with Gasteiger partial charge < -0.3 is 4.90 Å². The Morgan fingerprint density at radius 3 is 1.70 bits per heavy atom. The van der Waals surface area contributed by atoms with Crippen LogP contribution in [0.4, 0.5) is 0 Å². The van der Waals surface area contributed by atoms with Crippen molar-refractivity contribution in [2.24, 2.45) is 5.92 Å². The van der Waals surface area contributed by atoms with Crippen LogP contribution in [0, 0.1) is 5.92 Å². The van der Waals surface area contributed by atoms with Crippen LogP contribution in [-0.4, -0.2) is 41.9 Å². The van der Waals surface area contributed by atoms with Gasteiger partial charge in [0.05, 0.1) is 0 Å². The molecule has 0 aromatic carbocycles. The van der Waals surface area contributed by atoms with Crippen LogP contribution in [0.5, 0.6) is 0 Å². The normalized spacial score (nSPS) is 27.9. The lowest BCUT2D eigenvalue weighted by Gasteiger charge is -2.45. The molecule has 4 aliphatic rings. The molecule has 2 aliphatic heterocycles. The Morgan fingerprint density at radius 1 is 0.667 bits per heavy atom. The molecule has 0 amide bonds. The van der Waals surface area contributed by atoms with E-state index in [4.69, 9.17) is 19.6 Å². The summed E-state index contributed by atoms with van der Waals surface area (Å²) in [5, 5.41) is 0. The molecule has 2 saturated carbocycles. The number of likely N-dealkylation sites (tertiary alicyclic amines) is 1. The first-order valence-electron chi connectivity index (χ1n) is 14.1. The summed E-state index contributed by atoms with van der Waals surface area (Å²) >= 11 is 0. The first-order chi connectivity index (χ1) is 16.2. The summed E-state index contributed by atoms with van der Waals surface area (Å²) < 4.78 is 0. The number of hydrogen-bond acceptors (Lipinski definition) is 6. The molecular weight excluding hydrogens is 418 g/mol. The fourth-order valence-electron chi connectivity index (χ4n) is 6.07. The Hall–Kier alpha value is -0.530. The average molecular weight is 466 g/mol. The summed E-state index contributed by atoms with van der Waals surface area (Å²) in [5.74, 6) is -0.684. The lowest BCUT2D eigenvalue weighted by atomic mass is 9.82. The molecule has 0 bridgehead atoms. The standard InChI is InChI=1S/C27H47NO5/c29-25(13-12-22-28-20-10-11-21-28)23-24-14-18-27(19-15-24)32-30-26(31-33-27)16-8-6-4-2-1-3-5-7-9-17-26/h24H,1-23H2. The zero-order chi connectivity index (χ0) is 22.8.